The molecule has 3 aromatic carbocycles. The lowest BCUT2D eigenvalue weighted by Gasteiger charge is -2.35. The van der Waals surface area contributed by atoms with Crippen molar-refractivity contribution in [3.63, 3.8) is 0 Å². The zero-order valence-corrected chi connectivity index (χ0v) is 20.7. The molecular weight excluding hydrogens is 478 g/mol. The number of aryl methyl sites for hydroxylation is 1. The molecule has 0 heterocycles. The number of hydrogen-bond acceptors (Lipinski definition) is 4. The van der Waals surface area contributed by atoms with E-state index in [1.807, 2.05) is 37.3 Å². The minimum Gasteiger partial charge on any atom is -0.466 e. The number of carbonyl (C=O) groups is 3. The summed E-state index contributed by atoms with van der Waals surface area (Å²) in [6.45, 7) is 3.98. The van der Waals surface area contributed by atoms with E-state index in [0.29, 0.717) is 37.1 Å². The van der Waals surface area contributed by atoms with Crippen LogP contribution in [0.3, 0.4) is 0 Å². The van der Waals surface area contributed by atoms with Crippen molar-refractivity contribution >= 4 is 29.2 Å². The molecule has 0 radical (unpaired) electrons. The summed E-state index contributed by atoms with van der Waals surface area (Å²) in [6.07, 6.45) is 1.94. The van der Waals surface area contributed by atoms with E-state index < -0.39 is 23.1 Å². The van der Waals surface area contributed by atoms with Crippen LogP contribution in [0.15, 0.2) is 60.7 Å². The Hall–Kier alpha value is -4.07. The molecule has 0 fully saturated rings. The molecular formula is C29H28F2N2O4. The number of hydrogen-bond donors (Lipinski definition) is 2. The first kappa shape index (κ1) is 26.0. The lowest BCUT2D eigenvalue weighted by atomic mass is 9.67. The number of carbonyl (C=O) groups excluding carboxylic acids is 3. The Bertz CT molecular complexity index is 1340. The Morgan fingerprint density at radius 3 is 2.24 bits per heavy atom. The van der Waals surface area contributed by atoms with Crippen LogP contribution in [0.5, 0.6) is 0 Å². The van der Waals surface area contributed by atoms with Crippen LogP contribution in [0.4, 0.5) is 25.0 Å². The molecule has 8 heteroatoms. The zero-order valence-electron chi connectivity index (χ0n) is 20.7. The van der Waals surface area contributed by atoms with E-state index in [4.69, 9.17) is 4.74 Å². The van der Waals surface area contributed by atoms with Gasteiger partial charge in [0.15, 0.2) is 17.4 Å². The minimum absolute atomic E-state index is 0.0116. The van der Waals surface area contributed by atoms with Gasteiger partial charge in [0.25, 0.3) is 0 Å². The number of amides is 2. The van der Waals surface area contributed by atoms with E-state index in [-0.39, 0.29) is 23.9 Å². The number of halogens is 2. The topological polar surface area (TPSA) is 84.5 Å². The maximum Gasteiger partial charge on any atom is 0.323 e. The molecule has 1 aliphatic rings. The lowest BCUT2D eigenvalue weighted by Crippen LogP contribution is -2.38. The van der Waals surface area contributed by atoms with Gasteiger partial charge >= 0.3 is 12.0 Å². The Balaban J connectivity index is 1.45. The van der Waals surface area contributed by atoms with Crippen molar-refractivity contribution in [2.75, 3.05) is 17.2 Å². The third-order valence-corrected chi connectivity index (χ3v) is 6.82. The fourth-order valence-electron chi connectivity index (χ4n) is 4.71. The molecule has 0 aliphatic heterocycles. The molecule has 1 unspecified atom stereocenters. The van der Waals surface area contributed by atoms with Crippen molar-refractivity contribution in [3.8, 4) is 11.1 Å². The Morgan fingerprint density at radius 1 is 0.892 bits per heavy atom. The van der Waals surface area contributed by atoms with Gasteiger partial charge in [-0.1, -0.05) is 37.3 Å². The molecule has 3 aromatic rings. The Labute approximate surface area is 214 Å². The van der Waals surface area contributed by atoms with Crippen LogP contribution in [0.1, 0.15) is 49.0 Å². The van der Waals surface area contributed by atoms with Crippen LogP contribution in [0, 0.1) is 17.0 Å². The second-order valence-electron chi connectivity index (χ2n) is 9.10. The van der Waals surface area contributed by atoms with Crippen molar-refractivity contribution in [1.29, 1.82) is 0 Å². The largest absolute Gasteiger partial charge is 0.466 e. The van der Waals surface area contributed by atoms with E-state index in [1.165, 1.54) is 6.07 Å². The summed E-state index contributed by atoms with van der Waals surface area (Å²) in [7, 11) is 0. The molecule has 2 N–H and O–H groups in total. The highest BCUT2D eigenvalue weighted by Crippen LogP contribution is 2.42. The second-order valence-corrected chi connectivity index (χ2v) is 9.10. The maximum atomic E-state index is 13.4. The molecule has 0 saturated heterocycles. The zero-order chi connectivity index (χ0) is 26.6. The summed E-state index contributed by atoms with van der Waals surface area (Å²) in [5.41, 5.74) is 3.35. The fourth-order valence-corrected chi connectivity index (χ4v) is 4.71. The van der Waals surface area contributed by atoms with Crippen LogP contribution in [-0.2, 0) is 16.0 Å². The number of urea groups is 1. The summed E-state index contributed by atoms with van der Waals surface area (Å²) < 4.78 is 31.5. The molecule has 1 aliphatic carbocycles. The van der Waals surface area contributed by atoms with E-state index >= 15 is 0 Å². The van der Waals surface area contributed by atoms with Gasteiger partial charge in [0, 0.05) is 28.4 Å². The van der Waals surface area contributed by atoms with E-state index in [2.05, 4.69) is 10.6 Å². The van der Waals surface area contributed by atoms with Crippen LogP contribution in [-0.4, -0.2) is 24.4 Å². The number of fused-ring (bicyclic) bond motifs is 1. The maximum absolute atomic E-state index is 13.4. The first-order valence-corrected chi connectivity index (χ1v) is 12.2. The van der Waals surface area contributed by atoms with Crippen LogP contribution in [0.2, 0.25) is 0 Å². The first-order valence-electron chi connectivity index (χ1n) is 12.2. The van der Waals surface area contributed by atoms with Gasteiger partial charge in [-0.3, -0.25) is 9.59 Å². The van der Waals surface area contributed by atoms with E-state index in [0.717, 1.165) is 28.8 Å². The smallest absolute Gasteiger partial charge is 0.323 e. The van der Waals surface area contributed by atoms with Crippen molar-refractivity contribution in [2.24, 2.45) is 5.41 Å². The van der Waals surface area contributed by atoms with Crippen molar-refractivity contribution in [2.45, 2.75) is 39.5 Å². The summed E-state index contributed by atoms with van der Waals surface area (Å²) in [5, 5.41) is 5.11. The molecule has 0 aromatic heterocycles. The molecule has 0 spiro atoms. The fraction of sp³-hybridized carbons (Fsp3) is 0.276. The summed E-state index contributed by atoms with van der Waals surface area (Å²) in [5.74, 6) is -2.39. The average Bonchev–Trinajstić information content (AvgIpc) is 2.88. The summed E-state index contributed by atoms with van der Waals surface area (Å²) in [4.78, 5) is 37.7. The first-order chi connectivity index (χ1) is 17.7. The predicted molar refractivity (Wildman–Crippen MR) is 138 cm³/mol. The molecule has 192 valence electrons. The van der Waals surface area contributed by atoms with Crippen LogP contribution < -0.4 is 10.6 Å². The number of rotatable bonds is 7. The van der Waals surface area contributed by atoms with Gasteiger partial charge < -0.3 is 15.4 Å². The van der Waals surface area contributed by atoms with Crippen LogP contribution >= 0.6 is 0 Å². The number of benzene rings is 3. The van der Waals surface area contributed by atoms with Gasteiger partial charge in [-0.2, -0.15) is 0 Å². The van der Waals surface area contributed by atoms with Crippen molar-refractivity contribution in [3.05, 3.63) is 83.4 Å². The van der Waals surface area contributed by atoms with Crippen LogP contribution in [0.25, 0.3) is 11.1 Å². The number of esters is 1. The van der Waals surface area contributed by atoms with E-state index in [1.54, 1.807) is 19.1 Å². The van der Waals surface area contributed by atoms with E-state index in [9.17, 15) is 23.2 Å². The average molecular weight is 507 g/mol. The molecule has 37 heavy (non-hydrogen) atoms. The van der Waals surface area contributed by atoms with Gasteiger partial charge in [0.05, 0.1) is 13.0 Å². The van der Waals surface area contributed by atoms with Crippen molar-refractivity contribution in [1.82, 2.24) is 0 Å². The Morgan fingerprint density at radius 2 is 1.57 bits per heavy atom. The second kappa shape index (κ2) is 10.9. The molecule has 6 nitrogen and oxygen atoms in total. The number of nitrogens with one attached hydrogen (secondary N) is 2. The molecule has 1 atom stereocenters. The quantitative estimate of drug-likeness (QED) is 0.347. The molecule has 0 bridgehead atoms. The summed E-state index contributed by atoms with van der Waals surface area (Å²) >= 11 is 0. The highest BCUT2D eigenvalue weighted by molar-refractivity contribution is 6.05. The highest BCUT2D eigenvalue weighted by atomic mass is 19.2. The lowest BCUT2D eigenvalue weighted by molar-refractivity contribution is -0.145. The normalized spacial score (nSPS) is 16.6. The highest BCUT2D eigenvalue weighted by Gasteiger charge is 2.43. The van der Waals surface area contributed by atoms with Crippen molar-refractivity contribution < 1.29 is 27.9 Å². The number of Topliss-reactive ketones (excluding diaryl/α,β-unsaturated/α-hetero) is 1. The monoisotopic (exact) mass is 506 g/mol. The SMILES string of the molecule is CCOC(=O)CC1(CC)CCc2cc(-c3ccc(NC(=O)Nc4ccc(F)c(F)c4)cc3)ccc2C1=O. The number of ether oxygens (including phenoxy) is 1. The molecule has 0 saturated carbocycles. The predicted octanol–water partition coefficient (Wildman–Crippen LogP) is 6.75. The van der Waals surface area contributed by atoms with Gasteiger partial charge in [-0.25, -0.2) is 13.6 Å². The third kappa shape index (κ3) is 5.69. The van der Waals surface area contributed by atoms with Gasteiger partial charge in [0.1, 0.15) is 0 Å². The standard InChI is InChI=1S/C29H28F2N2O4/c1-3-29(17-26(34)37-4-2)14-13-20-15-19(7-11-23(20)27(29)35)18-5-8-21(9-6-18)32-28(36)33-22-10-12-24(30)25(31)16-22/h5-12,15-16H,3-4,13-14,17H2,1-2H3,(H2,32,33,36). The van der Waals surface area contributed by atoms with Gasteiger partial charge in [-0.05, 0) is 67.1 Å². The third-order valence-electron chi connectivity index (χ3n) is 6.82. The van der Waals surface area contributed by atoms with Gasteiger partial charge in [-0.15, -0.1) is 0 Å². The minimum atomic E-state index is -1.05. The van der Waals surface area contributed by atoms with Gasteiger partial charge in [0.2, 0.25) is 0 Å². The molecule has 2 amide bonds. The summed E-state index contributed by atoms with van der Waals surface area (Å²) in [6, 6.07) is 15.4. The number of ketones is 1. The Kier molecular flexibility index (Phi) is 7.66. The number of anilines is 2. The molecule has 4 rings (SSSR count).